The van der Waals surface area contributed by atoms with E-state index in [1.807, 2.05) is 66.9 Å². The molecule has 5 nitrogen and oxygen atoms in total. The second-order valence-electron chi connectivity index (χ2n) is 10.9. The maximum atomic E-state index is 5.26. The van der Waals surface area contributed by atoms with Gasteiger partial charge in [-0.3, -0.25) is 4.98 Å². The molecule has 4 heterocycles. The summed E-state index contributed by atoms with van der Waals surface area (Å²) >= 11 is 1.79. The molecule has 0 amide bonds. The molecule has 0 radical (unpaired) electrons. The van der Waals surface area contributed by atoms with Gasteiger partial charge in [-0.1, -0.05) is 103 Å². The van der Waals surface area contributed by atoms with Gasteiger partial charge in [0.15, 0.2) is 17.5 Å². The molecule has 0 N–H and O–H groups in total. The lowest BCUT2D eigenvalue weighted by Gasteiger charge is -2.12. The lowest BCUT2D eigenvalue weighted by Crippen LogP contribution is -2.00. The van der Waals surface area contributed by atoms with Crippen molar-refractivity contribution in [2.75, 3.05) is 0 Å². The SMILES string of the molecule is c1ccc(-c2nc(-c3ccccc3)nc(-c3ccc4nc(-c5nccc6sc7ccccc7c56)c5ccccc5c4c3)n2)cc1. The molecular formula is C39H23N5S. The van der Waals surface area contributed by atoms with E-state index < -0.39 is 0 Å². The summed E-state index contributed by atoms with van der Waals surface area (Å²) in [6.07, 6.45) is 1.90. The molecule has 0 fully saturated rings. The van der Waals surface area contributed by atoms with Gasteiger partial charge >= 0.3 is 0 Å². The Morgan fingerprint density at radius 2 is 1.00 bits per heavy atom. The summed E-state index contributed by atoms with van der Waals surface area (Å²) < 4.78 is 2.46. The van der Waals surface area contributed by atoms with Crippen LogP contribution in [0.3, 0.4) is 0 Å². The van der Waals surface area contributed by atoms with E-state index in [4.69, 9.17) is 24.9 Å². The number of hydrogen-bond acceptors (Lipinski definition) is 6. The molecule has 0 atom stereocenters. The van der Waals surface area contributed by atoms with E-state index in [2.05, 4.69) is 72.8 Å². The van der Waals surface area contributed by atoms with E-state index in [0.717, 1.165) is 55.1 Å². The van der Waals surface area contributed by atoms with Crippen LogP contribution in [0.2, 0.25) is 0 Å². The lowest BCUT2D eigenvalue weighted by molar-refractivity contribution is 1.07. The van der Waals surface area contributed by atoms with Gasteiger partial charge in [0.05, 0.1) is 16.9 Å². The first-order valence-corrected chi connectivity index (χ1v) is 15.6. The fourth-order valence-electron chi connectivity index (χ4n) is 6.06. The number of rotatable bonds is 4. The zero-order chi connectivity index (χ0) is 29.7. The van der Waals surface area contributed by atoms with Crippen molar-refractivity contribution in [3.63, 3.8) is 0 Å². The van der Waals surface area contributed by atoms with E-state index >= 15 is 0 Å². The van der Waals surface area contributed by atoms with Crippen LogP contribution in [-0.4, -0.2) is 24.9 Å². The Kier molecular flexibility index (Phi) is 5.92. The van der Waals surface area contributed by atoms with Gasteiger partial charge in [-0.05, 0) is 35.7 Å². The van der Waals surface area contributed by atoms with E-state index in [0.29, 0.717) is 17.5 Å². The molecular weight excluding hydrogens is 571 g/mol. The quantitative estimate of drug-likeness (QED) is 0.190. The average Bonchev–Trinajstić information content (AvgIpc) is 3.51. The molecule has 0 aliphatic heterocycles. The number of nitrogens with zero attached hydrogens (tertiary/aromatic N) is 5. The maximum Gasteiger partial charge on any atom is 0.164 e. The molecule has 9 aromatic rings. The highest BCUT2D eigenvalue weighted by atomic mass is 32.1. The minimum absolute atomic E-state index is 0.619. The van der Waals surface area contributed by atoms with E-state index in [9.17, 15) is 0 Å². The molecule has 0 saturated heterocycles. The minimum Gasteiger partial charge on any atom is -0.254 e. The molecule has 5 aromatic carbocycles. The summed E-state index contributed by atoms with van der Waals surface area (Å²) in [5.74, 6) is 1.90. The number of benzene rings is 5. The normalized spacial score (nSPS) is 11.6. The molecule has 0 unspecified atom stereocenters. The Balaban J connectivity index is 1.27. The van der Waals surface area contributed by atoms with Crippen molar-refractivity contribution in [3.05, 3.63) is 140 Å². The van der Waals surface area contributed by atoms with Gasteiger partial charge in [-0.15, -0.1) is 11.3 Å². The van der Waals surface area contributed by atoms with E-state index in [1.54, 1.807) is 11.3 Å². The Bertz CT molecular complexity index is 2480. The number of aromatic nitrogens is 5. The molecule has 0 aliphatic carbocycles. The van der Waals surface area contributed by atoms with Crippen LogP contribution in [0.25, 0.3) is 87.4 Å². The smallest absolute Gasteiger partial charge is 0.164 e. The molecule has 45 heavy (non-hydrogen) atoms. The van der Waals surface area contributed by atoms with Crippen LogP contribution in [0.1, 0.15) is 0 Å². The van der Waals surface area contributed by atoms with Gasteiger partial charge in [-0.2, -0.15) is 0 Å². The highest BCUT2D eigenvalue weighted by Gasteiger charge is 2.18. The second-order valence-corrected chi connectivity index (χ2v) is 12.0. The molecule has 9 rings (SSSR count). The van der Waals surface area contributed by atoms with Crippen LogP contribution in [-0.2, 0) is 0 Å². The predicted molar refractivity (Wildman–Crippen MR) is 185 cm³/mol. The summed E-state index contributed by atoms with van der Waals surface area (Å²) in [6.45, 7) is 0. The molecule has 210 valence electrons. The topological polar surface area (TPSA) is 64.5 Å². The highest BCUT2D eigenvalue weighted by Crippen LogP contribution is 2.41. The van der Waals surface area contributed by atoms with Crippen LogP contribution < -0.4 is 0 Å². The van der Waals surface area contributed by atoms with Crippen LogP contribution in [0.5, 0.6) is 0 Å². The van der Waals surface area contributed by atoms with Crippen molar-refractivity contribution in [1.29, 1.82) is 0 Å². The number of pyridine rings is 2. The summed E-state index contributed by atoms with van der Waals surface area (Å²) in [6, 6.07) is 45.5. The highest BCUT2D eigenvalue weighted by molar-refractivity contribution is 7.25. The minimum atomic E-state index is 0.619. The van der Waals surface area contributed by atoms with Crippen molar-refractivity contribution < 1.29 is 0 Å². The Morgan fingerprint density at radius 1 is 0.400 bits per heavy atom. The third-order valence-corrected chi connectivity index (χ3v) is 9.31. The van der Waals surface area contributed by atoms with Gasteiger partial charge in [-0.25, -0.2) is 19.9 Å². The van der Waals surface area contributed by atoms with Crippen molar-refractivity contribution >= 4 is 53.2 Å². The van der Waals surface area contributed by atoms with Crippen molar-refractivity contribution in [1.82, 2.24) is 24.9 Å². The number of thiophene rings is 1. The Labute approximate surface area is 262 Å². The lowest BCUT2D eigenvalue weighted by atomic mass is 9.99. The molecule has 0 spiro atoms. The fourth-order valence-corrected chi connectivity index (χ4v) is 7.16. The first-order valence-electron chi connectivity index (χ1n) is 14.8. The largest absolute Gasteiger partial charge is 0.254 e. The van der Waals surface area contributed by atoms with Gasteiger partial charge in [0.25, 0.3) is 0 Å². The summed E-state index contributed by atoms with van der Waals surface area (Å²) in [5.41, 5.74) is 5.48. The van der Waals surface area contributed by atoms with Gasteiger partial charge in [0.2, 0.25) is 0 Å². The molecule has 0 saturated carbocycles. The van der Waals surface area contributed by atoms with Crippen molar-refractivity contribution in [2.45, 2.75) is 0 Å². The summed E-state index contributed by atoms with van der Waals surface area (Å²) in [5, 5.41) is 5.57. The second kappa shape index (κ2) is 10.4. The zero-order valence-electron chi connectivity index (χ0n) is 23.9. The maximum absolute atomic E-state index is 5.26. The summed E-state index contributed by atoms with van der Waals surface area (Å²) in [7, 11) is 0. The van der Waals surface area contributed by atoms with Crippen molar-refractivity contribution in [2.24, 2.45) is 0 Å². The van der Waals surface area contributed by atoms with E-state index in [-0.39, 0.29) is 0 Å². The van der Waals surface area contributed by atoms with Crippen LogP contribution in [0.4, 0.5) is 0 Å². The monoisotopic (exact) mass is 593 g/mol. The Morgan fingerprint density at radius 3 is 1.71 bits per heavy atom. The predicted octanol–water partition coefficient (Wildman–Crippen LogP) is 10.0. The average molecular weight is 594 g/mol. The Hall–Kier alpha value is -5.85. The third kappa shape index (κ3) is 4.34. The van der Waals surface area contributed by atoms with Crippen molar-refractivity contribution in [3.8, 4) is 45.6 Å². The fraction of sp³-hybridized carbons (Fsp3) is 0. The van der Waals surface area contributed by atoms with Gasteiger partial charge < -0.3 is 0 Å². The molecule has 4 aromatic heterocycles. The zero-order valence-corrected chi connectivity index (χ0v) is 24.7. The summed E-state index contributed by atoms with van der Waals surface area (Å²) in [4.78, 5) is 25.0. The van der Waals surface area contributed by atoms with E-state index in [1.165, 1.54) is 14.8 Å². The van der Waals surface area contributed by atoms with Gasteiger partial charge in [0, 0.05) is 53.8 Å². The van der Waals surface area contributed by atoms with Crippen LogP contribution >= 0.6 is 11.3 Å². The number of fused-ring (bicyclic) bond motifs is 6. The number of hydrogen-bond donors (Lipinski definition) is 0. The first-order chi connectivity index (χ1) is 22.3. The standard InChI is InChI=1S/C39H23N5S/c1-3-11-24(12-4-1)37-42-38(25-13-5-2-6-14-25)44-39(43-37)26-19-20-31-30(23-26)27-15-7-8-16-28(27)35(41-31)36-34-29-17-9-10-18-32(29)45-33(34)21-22-40-36/h1-23H. The molecule has 0 aliphatic rings. The van der Waals surface area contributed by atoms with Crippen LogP contribution in [0, 0.1) is 0 Å². The third-order valence-electron chi connectivity index (χ3n) is 8.17. The molecule has 6 heteroatoms. The molecule has 0 bridgehead atoms. The van der Waals surface area contributed by atoms with Crippen LogP contribution in [0.15, 0.2) is 140 Å². The van der Waals surface area contributed by atoms with Gasteiger partial charge in [0.1, 0.15) is 0 Å². The first kappa shape index (κ1) is 25.6.